The quantitative estimate of drug-likeness (QED) is 0.490. The summed E-state index contributed by atoms with van der Waals surface area (Å²) >= 11 is 0. The molecule has 2 heterocycles. The molecule has 3 aromatic carbocycles. The first-order valence-electron chi connectivity index (χ1n) is 11.5. The highest BCUT2D eigenvalue weighted by Gasteiger charge is 2.23. The van der Waals surface area contributed by atoms with Gasteiger partial charge < -0.3 is 15.1 Å². The molecule has 1 fully saturated rings. The molecular weight excluding hydrogens is 431 g/mol. The topological polar surface area (TPSA) is 66.3 Å². The summed E-state index contributed by atoms with van der Waals surface area (Å²) < 4.78 is 16.2. The van der Waals surface area contributed by atoms with E-state index >= 15 is 0 Å². The number of urea groups is 1. The van der Waals surface area contributed by atoms with E-state index in [9.17, 15) is 9.18 Å². The van der Waals surface area contributed by atoms with Gasteiger partial charge in [0, 0.05) is 31.9 Å². The highest BCUT2D eigenvalue weighted by molar-refractivity contribution is 5.86. The first kappa shape index (κ1) is 21.9. The molecule has 1 aromatic heterocycles. The second kappa shape index (κ2) is 9.13. The molecule has 4 aromatic rings. The monoisotopic (exact) mass is 458 g/mol. The van der Waals surface area contributed by atoms with Crippen LogP contribution >= 0.6 is 0 Å². The van der Waals surface area contributed by atoms with Crippen LogP contribution in [-0.2, 0) is 0 Å². The van der Waals surface area contributed by atoms with Crippen LogP contribution in [0.5, 0.6) is 0 Å². The summed E-state index contributed by atoms with van der Waals surface area (Å²) in [5.41, 5.74) is 2.99. The number of hydrogen-bond acceptors (Lipinski definition) is 4. The Morgan fingerprint density at radius 1 is 1.03 bits per heavy atom. The average molecular weight is 459 g/mol. The number of nitrogens with zero attached hydrogens (tertiary/aromatic N) is 5. The van der Waals surface area contributed by atoms with Gasteiger partial charge >= 0.3 is 6.03 Å². The third kappa shape index (κ3) is 4.31. The minimum atomic E-state index is -0.355. The molecule has 0 saturated carbocycles. The van der Waals surface area contributed by atoms with E-state index in [4.69, 9.17) is 0 Å². The van der Waals surface area contributed by atoms with Crippen molar-refractivity contribution in [1.29, 1.82) is 0 Å². The molecule has 8 heteroatoms. The summed E-state index contributed by atoms with van der Waals surface area (Å²) in [5.74, 6) is -0.355. The Labute approximate surface area is 197 Å². The fourth-order valence-electron chi connectivity index (χ4n) is 4.49. The number of carbonyl (C=O) groups is 1. The summed E-state index contributed by atoms with van der Waals surface area (Å²) in [4.78, 5) is 16.9. The second-order valence-electron chi connectivity index (χ2n) is 8.65. The molecule has 1 aliphatic rings. The minimum absolute atomic E-state index is 0.0804. The van der Waals surface area contributed by atoms with Crippen molar-refractivity contribution in [2.24, 2.45) is 0 Å². The molecule has 1 N–H and O–H groups in total. The summed E-state index contributed by atoms with van der Waals surface area (Å²) in [6.07, 6.45) is 1.69. The number of carbonyl (C=O) groups excluding carboxylic acids is 1. The van der Waals surface area contributed by atoms with E-state index in [1.165, 1.54) is 10.7 Å². The predicted octanol–water partition coefficient (Wildman–Crippen LogP) is 4.46. The number of amides is 2. The predicted molar refractivity (Wildman–Crippen MR) is 131 cm³/mol. The first-order valence-corrected chi connectivity index (χ1v) is 11.5. The molecule has 174 valence electrons. The van der Waals surface area contributed by atoms with Crippen LogP contribution in [0.1, 0.15) is 24.2 Å². The molecule has 1 atom stereocenters. The van der Waals surface area contributed by atoms with Crippen LogP contribution in [0, 0.1) is 12.7 Å². The number of benzene rings is 3. The smallest absolute Gasteiger partial charge is 0.317 e. The number of nitrogens with one attached hydrogen (secondary N) is 1. The van der Waals surface area contributed by atoms with Gasteiger partial charge in [-0.05, 0) is 48.4 Å². The Balaban J connectivity index is 1.21. The lowest BCUT2D eigenvalue weighted by atomic mass is 10.00. The molecule has 5 rings (SSSR count). The fourth-order valence-corrected chi connectivity index (χ4v) is 4.49. The summed E-state index contributed by atoms with van der Waals surface area (Å²) in [7, 11) is 0. The van der Waals surface area contributed by atoms with E-state index in [1.807, 2.05) is 43.0 Å². The number of fused-ring (bicyclic) bond motifs is 1. The van der Waals surface area contributed by atoms with Gasteiger partial charge in [-0.2, -0.15) is 0 Å². The molecule has 2 amide bonds. The van der Waals surface area contributed by atoms with Crippen molar-refractivity contribution >= 4 is 22.5 Å². The lowest BCUT2D eigenvalue weighted by Crippen LogP contribution is -2.52. The Kier molecular flexibility index (Phi) is 5.88. The van der Waals surface area contributed by atoms with Crippen molar-refractivity contribution in [3.05, 3.63) is 83.9 Å². The Bertz CT molecular complexity index is 1320. The van der Waals surface area contributed by atoms with E-state index in [0.29, 0.717) is 31.9 Å². The third-order valence-electron chi connectivity index (χ3n) is 6.35. The first-order chi connectivity index (χ1) is 16.5. The van der Waals surface area contributed by atoms with Crippen molar-refractivity contribution in [1.82, 2.24) is 25.2 Å². The van der Waals surface area contributed by atoms with Crippen LogP contribution in [0.15, 0.2) is 66.9 Å². The number of aromatic nitrogens is 3. The number of piperazine rings is 1. The van der Waals surface area contributed by atoms with Gasteiger partial charge in [-0.15, -0.1) is 5.10 Å². The maximum atomic E-state index is 14.7. The molecule has 0 radical (unpaired) electrons. The van der Waals surface area contributed by atoms with Crippen LogP contribution < -0.4 is 10.2 Å². The van der Waals surface area contributed by atoms with Gasteiger partial charge in [0.2, 0.25) is 0 Å². The summed E-state index contributed by atoms with van der Waals surface area (Å²) in [6.45, 7) is 6.24. The van der Waals surface area contributed by atoms with E-state index in [-0.39, 0.29) is 17.9 Å². The molecule has 7 nitrogen and oxygen atoms in total. The maximum Gasteiger partial charge on any atom is 0.317 e. The molecular formula is C26H27FN6O. The van der Waals surface area contributed by atoms with Crippen molar-refractivity contribution < 1.29 is 9.18 Å². The number of hydrogen-bond donors (Lipinski definition) is 1. The van der Waals surface area contributed by atoms with Gasteiger partial charge in [-0.3, -0.25) is 0 Å². The van der Waals surface area contributed by atoms with Gasteiger partial charge in [0.15, 0.2) is 5.82 Å². The molecule has 0 unspecified atom stereocenters. The normalized spacial score (nSPS) is 14.9. The Morgan fingerprint density at radius 2 is 1.79 bits per heavy atom. The number of aryl methyl sites for hydroxylation is 1. The van der Waals surface area contributed by atoms with Gasteiger partial charge in [0.05, 0.1) is 17.9 Å². The second-order valence-corrected chi connectivity index (χ2v) is 8.65. The van der Waals surface area contributed by atoms with Crippen LogP contribution in [0.4, 0.5) is 14.9 Å². The van der Waals surface area contributed by atoms with Crippen LogP contribution in [-0.4, -0.2) is 52.1 Å². The SMILES string of the molecule is Cc1cn(-c2ccc(N3CCN(C(=O)N[C@@H](C)c4cccc5ccccc45)CC3)cc2F)nn1. The van der Waals surface area contributed by atoms with E-state index in [0.717, 1.165) is 27.7 Å². The highest BCUT2D eigenvalue weighted by Crippen LogP contribution is 2.25. The van der Waals surface area contributed by atoms with Gasteiger partial charge in [-0.1, -0.05) is 47.7 Å². The van der Waals surface area contributed by atoms with Crippen molar-refractivity contribution in [3.8, 4) is 5.69 Å². The lowest BCUT2D eigenvalue weighted by Gasteiger charge is -2.36. The van der Waals surface area contributed by atoms with E-state index in [1.54, 1.807) is 12.3 Å². The molecule has 1 saturated heterocycles. The average Bonchev–Trinajstić information content (AvgIpc) is 3.29. The zero-order chi connectivity index (χ0) is 23.7. The Hall–Kier alpha value is -3.94. The third-order valence-corrected chi connectivity index (χ3v) is 6.35. The van der Waals surface area contributed by atoms with Gasteiger partial charge in [0.25, 0.3) is 0 Å². The number of rotatable bonds is 4. The Morgan fingerprint density at radius 3 is 2.53 bits per heavy atom. The van der Waals surface area contributed by atoms with E-state index < -0.39 is 0 Å². The van der Waals surface area contributed by atoms with Crippen molar-refractivity contribution in [2.45, 2.75) is 19.9 Å². The zero-order valence-corrected chi connectivity index (χ0v) is 19.3. The van der Waals surface area contributed by atoms with Gasteiger partial charge in [0.1, 0.15) is 5.69 Å². The summed E-state index contributed by atoms with van der Waals surface area (Å²) in [6, 6.07) is 19.3. The highest BCUT2D eigenvalue weighted by atomic mass is 19.1. The number of anilines is 1. The minimum Gasteiger partial charge on any atom is -0.368 e. The van der Waals surface area contributed by atoms with Crippen LogP contribution in [0.3, 0.4) is 0 Å². The van der Waals surface area contributed by atoms with Crippen molar-refractivity contribution in [3.63, 3.8) is 0 Å². The standard InChI is InChI=1S/C26H27FN6O/c1-18-17-33(30-29-18)25-11-10-21(16-24(25)27)31-12-14-32(15-13-31)26(34)28-19(2)22-9-5-7-20-6-3-4-8-23(20)22/h3-11,16-17,19H,12-15H2,1-2H3,(H,28,34)/t19-/m0/s1. The summed E-state index contributed by atoms with van der Waals surface area (Å²) in [5, 5.41) is 13.3. The number of halogens is 1. The van der Waals surface area contributed by atoms with E-state index in [2.05, 4.69) is 44.8 Å². The maximum absolute atomic E-state index is 14.7. The van der Waals surface area contributed by atoms with Crippen LogP contribution in [0.25, 0.3) is 16.5 Å². The van der Waals surface area contributed by atoms with Gasteiger partial charge in [-0.25, -0.2) is 13.9 Å². The lowest BCUT2D eigenvalue weighted by molar-refractivity contribution is 0.191. The molecule has 0 aliphatic carbocycles. The van der Waals surface area contributed by atoms with Crippen molar-refractivity contribution in [2.75, 3.05) is 31.1 Å². The molecule has 0 bridgehead atoms. The molecule has 1 aliphatic heterocycles. The van der Waals surface area contributed by atoms with Crippen LogP contribution in [0.2, 0.25) is 0 Å². The molecule has 0 spiro atoms. The molecule has 34 heavy (non-hydrogen) atoms. The fraction of sp³-hybridized carbons (Fsp3) is 0.269. The largest absolute Gasteiger partial charge is 0.368 e. The zero-order valence-electron chi connectivity index (χ0n) is 19.3.